The van der Waals surface area contributed by atoms with Crippen LogP contribution in [0.4, 0.5) is 15.8 Å². The normalized spacial score (nSPS) is 18.3. The number of carbonyl (C=O) groups is 2. The van der Waals surface area contributed by atoms with Crippen molar-refractivity contribution in [2.75, 3.05) is 49.4 Å². The van der Waals surface area contributed by atoms with E-state index >= 15 is 0 Å². The summed E-state index contributed by atoms with van der Waals surface area (Å²) in [7, 11) is 0. The lowest BCUT2D eigenvalue weighted by Crippen LogP contribution is -2.48. The highest BCUT2D eigenvalue weighted by Gasteiger charge is 2.28. The van der Waals surface area contributed by atoms with Gasteiger partial charge in [-0.2, -0.15) is 11.8 Å². The Morgan fingerprint density at radius 3 is 2.51 bits per heavy atom. The lowest BCUT2D eigenvalue weighted by Gasteiger charge is -2.35. The molecule has 202 valence electrons. The van der Waals surface area contributed by atoms with E-state index < -0.39 is 0 Å². The Kier molecular flexibility index (Phi) is 7.30. The molecule has 1 saturated heterocycles. The average molecular weight is 549 g/mol. The lowest BCUT2D eigenvalue weighted by atomic mass is 10.1. The third-order valence-electron chi connectivity index (χ3n) is 7.14. The Bertz CT molecular complexity index is 1380. The van der Waals surface area contributed by atoms with Crippen LogP contribution < -0.4 is 20.1 Å². The Balaban J connectivity index is 1.01. The molecule has 10 heteroatoms. The smallest absolute Gasteiger partial charge is 0.254 e. The number of hydrogen-bond donors (Lipinski definition) is 2. The van der Waals surface area contributed by atoms with Crippen LogP contribution in [-0.2, 0) is 17.1 Å². The number of rotatable bonds is 7. The molecule has 0 aliphatic carbocycles. The number of fused-ring (bicyclic) bond motifs is 2. The monoisotopic (exact) mass is 548 g/mol. The molecule has 0 spiro atoms. The fourth-order valence-electron chi connectivity index (χ4n) is 4.96. The summed E-state index contributed by atoms with van der Waals surface area (Å²) in [5, 5.41) is 6.24. The number of hydrogen-bond acceptors (Lipinski definition) is 7. The maximum atomic E-state index is 13.2. The molecule has 3 aliphatic heterocycles. The van der Waals surface area contributed by atoms with Crippen LogP contribution in [0.2, 0.25) is 0 Å². The molecule has 39 heavy (non-hydrogen) atoms. The Morgan fingerprint density at radius 1 is 0.923 bits per heavy atom. The van der Waals surface area contributed by atoms with Crippen molar-refractivity contribution in [3.05, 3.63) is 83.2 Å². The minimum atomic E-state index is -0.387. The second kappa shape index (κ2) is 11.2. The summed E-state index contributed by atoms with van der Waals surface area (Å²) in [5.41, 5.74) is 4.14. The van der Waals surface area contributed by atoms with Crippen LogP contribution in [-0.4, -0.2) is 66.4 Å². The number of piperazine rings is 1. The van der Waals surface area contributed by atoms with Gasteiger partial charge >= 0.3 is 0 Å². The number of halogens is 1. The molecule has 0 bridgehead atoms. The predicted molar refractivity (Wildman–Crippen MR) is 149 cm³/mol. The van der Waals surface area contributed by atoms with Crippen molar-refractivity contribution in [1.29, 1.82) is 0 Å². The summed E-state index contributed by atoms with van der Waals surface area (Å²) < 4.78 is 24.0. The molecule has 3 heterocycles. The molecule has 8 nitrogen and oxygen atoms in total. The van der Waals surface area contributed by atoms with Gasteiger partial charge in [0.15, 0.2) is 11.5 Å². The van der Waals surface area contributed by atoms with Crippen molar-refractivity contribution in [1.82, 2.24) is 9.80 Å². The van der Waals surface area contributed by atoms with Crippen molar-refractivity contribution < 1.29 is 23.5 Å². The molecule has 1 fully saturated rings. The van der Waals surface area contributed by atoms with E-state index in [0.717, 1.165) is 47.9 Å². The molecular formula is C29H29FN4O4S. The molecular weight excluding hydrogens is 519 g/mol. The van der Waals surface area contributed by atoms with Gasteiger partial charge in [0.25, 0.3) is 5.91 Å². The Hall–Kier alpha value is -3.76. The first kappa shape index (κ1) is 25.5. The number of benzene rings is 3. The van der Waals surface area contributed by atoms with Crippen LogP contribution >= 0.6 is 11.8 Å². The molecule has 1 atom stereocenters. The fourth-order valence-corrected chi connectivity index (χ4v) is 5.98. The summed E-state index contributed by atoms with van der Waals surface area (Å²) in [5.74, 6) is 2.40. The zero-order valence-corrected chi connectivity index (χ0v) is 22.1. The van der Waals surface area contributed by atoms with E-state index in [-0.39, 0.29) is 30.5 Å². The molecule has 6 rings (SSSR count). The van der Waals surface area contributed by atoms with Crippen molar-refractivity contribution in [3.63, 3.8) is 0 Å². The van der Waals surface area contributed by atoms with Gasteiger partial charge in [0.2, 0.25) is 12.7 Å². The van der Waals surface area contributed by atoms with E-state index in [1.54, 1.807) is 30.0 Å². The largest absolute Gasteiger partial charge is 0.454 e. The van der Waals surface area contributed by atoms with Gasteiger partial charge in [-0.15, -0.1) is 0 Å². The number of anilines is 2. The maximum absolute atomic E-state index is 13.2. The molecule has 0 saturated carbocycles. The van der Waals surface area contributed by atoms with Gasteiger partial charge in [-0.3, -0.25) is 14.5 Å². The van der Waals surface area contributed by atoms with E-state index in [9.17, 15) is 14.0 Å². The number of ether oxygens (including phenoxy) is 2. The van der Waals surface area contributed by atoms with E-state index in [0.29, 0.717) is 35.8 Å². The maximum Gasteiger partial charge on any atom is 0.254 e. The van der Waals surface area contributed by atoms with Gasteiger partial charge in [0.05, 0.1) is 11.4 Å². The molecule has 3 aromatic rings. The second-order valence-corrected chi connectivity index (χ2v) is 10.9. The fraction of sp³-hybridized carbons (Fsp3) is 0.310. The molecule has 0 radical (unpaired) electrons. The SMILES string of the molecule is O=C1Nc2cc(C(=O)N3CCN(Cc4ccc5c(c4)OCO5)CC3)ccc2NC1CSCc1ccc(F)cc1. The van der Waals surface area contributed by atoms with Gasteiger partial charge in [0, 0.05) is 49.8 Å². The van der Waals surface area contributed by atoms with Crippen LogP contribution in [0.25, 0.3) is 0 Å². The minimum Gasteiger partial charge on any atom is -0.454 e. The summed E-state index contributed by atoms with van der Waals surface area (Å²) in [6.07, 6.45) is 0. The summed E-state index contributed by atoms with van der Waals surface area (Å²) in [6.45, 7) is 3.89. The minimum absolute atomic E-state index is 0.0354. The zero-order valence-electron chi connectivity index (χ0n) is 21.3. The highest BCUT2D eigenvalue weighted by molar-refractivity contribution is 7.98. The van der Waals surface area contributed by atoms with Crippen LogP contribution in [0.3, 0.4) is 0 Å². The van der Waals surface area contributed by atoms with Gasteiger partial charge in [-0.25, -0.2) is 4.39 Å². The van der Waals surface area contributed by atoms with Crippen LogP contribution in [0.5, 0.6) is 11.5 Å². The van der Waals surface area contributed by atoms with E-state index in [4.69, 9.17) is 9.47 Å². The Morgan fingerprint density at radius 2 is 1.69 bits per heavy atom. The number of nitrogens with zero attached hydrogens (tertiary/aromatic N) is 2. The highest BCUT2D eigenvalue weighted by Crippen LogP contribution is 2.33. The predicted octanol–water partition coefficient (Wildman–Crippen LogP) is 4.18. The number of amides is 2. The Labute approximate surface area is 230 Å². The quantitative estimate of drug-likeness (QED) is 0.459. The lowest BCUT2D eigenvalue weighted by molar-refractivity contribution is -0.116. The van der Waals surface area contributed by atoms with E-state index in [1.165, 1.54) is 12.1 Å². The molecule has 3 aliphatic rings. The first-order valence-corrected chi connectivity index (χ1v) is 14.1. The standard InChI is InChI=1S/C29H29FN4O4S/c30-22-5-1-19(2-6-22)16-39-17-25-28(35)32-24-14-21(4-7-23(24)31-25)29(36)34-11-9-33(10-12-34)15-20-3-8-26-27(13-20)38-18-37-26/h1-8,13-14,25,31H,9-12,15-18H2,(H,32,35). The van der Waals surface area contributed by atoms with E-state index in [2.05, 4.69) is 21.6 Å². The van der Waals surface area contributed by atoms with Gasteiger partial charge in [0.1, 0.15) is 11.9 Å². The van der Waals surface area contributed by atoms with Gasteiger partial charge < -0.3 is 25.0 Å². The zero-order chi connectivity index (χ0) is 26.8. The average Bonchev–Trinajstić information content (AvgIpc) is 3.42. The first-order chi connectivity index (χ1) is 19.0. The molecule has 1 unspecified atom stereocenters. The summed E-state index contributed by atoms with van der Waals surface area (Å²) in [6, 6.07) is 17.4. The molecule has 3 aromatic carbocycles. The van der Waals surface area contributed by atoms with Crippen LogP contribution in [0, 0.1) is 5.82 Å². The summed E-state index contributed by atoms with van der Waals surface area (Å²) >= 11 is 1.61. The van der Waals surface area contributed by atoms with E-state index in [1.807, 2.05) is 29.2 Å². The first-order valence-electron chi connectivity index (χ1n) is 13.0. The second-order valence-electron chi connectivity index (χ2n) is 9.84. The number of nitrogens with one attached hydrogen (secondary N) is 2. The molecule has 2 N–H and O–H groups in total. The van der Waals surface area contributed by atoms with Crippen molar-refractivity contribution >= 4 is 35.0 Å². The molecule has 2 amide bonds. The van der Waals surface area contributed by atoms with Crippen LogP contribution in [0.1, 0.15) is 21.5 Å². The van der Waals surface area contributed by atoms with Gasteiger partial charge in [-0.1, -0.05) is 18.2 Å². The van der Waals surface area contributed by atoms with Gasteiger partial charge in [-0.05, 0) is 53.6 Å². The third-order valence-corrected chi connectivity index (χ3v) is 8.25. The van der Waals surface area contributed by atoms with Crippen molar-refractivity contribution in [2.24, 2.45) is 0 Å². The van der Waals surface area contributed by atoms with Crippen molar-refractivity contribution in [3.8, 4) is 11.5 Å². The molecule has 0 aromatic heterocycles. The highest BCUT2D eigenvalue weighted by atomic mass is 32.2. The third kappa shape index (κ3) is 5.81. The number of thioether (sulfide) groups is 1. The summed E-state index contributed by atoms with van der Waals surface area (Å²) in [4.78, 5) is 30.2. The topological polar surface area (TPSA) is 83.1 Å². The van der Waals surface area contributed by atoms with Crippen LogP contribution in [0.15, 0.2) is 60.7 Å². The number of carbonyl (C=O) groups excluding carboxylic acids is 2. The van der Waals surface area contributed by atoms with Crippen molar-refractivity contribution in [2.45, 2.75) is 18.3 Å².